The molecule has 0 aliphatic carbocycles. The van der Waals surface area contributed by atoms with E-state index in [4.69, 9.17) is 4.74 Å². The molecule has 24 heavy (non-hydrogen) atoms. The monoisotopic (exact) mass is 334 g/mol. The molecule has 3 rings (SSSR count). The van der Waals surface area contributed by atoms with Crippen LogP contribution in [0.1, 0.15) is 11.3 Å². The van der Waals surface area contributed by atoms with Crippen molar-refractivity contribution in [1.29, 1.82) is 0 Å². The number of hydrogen-bond donors (Lipinski definition) is 0. The van der Waals surface area contributed by atoms with E-state index < -0.39 is 11.9 Å². The molecule has 0 spiro atoms. The topological polar surface area (TPSA) is 52.8 Å². The summed E-state index contributed by atoms with van der Waals surface area (Å²) in [5, 5.41) is 7.42. The zero-order valence-corrected chi connectivity index (χ0v) is 12.7. The Morgan fingerprint density at radius 2 is 1.71 bits per heavy atom. The molecular formula is C16H13F3N4O. The maximum absolute atomic E-state index is 13.5. The van der Waals surface area contributed by atoms with Gasteiger partial charge < -0.3 is 4.74 Å². The van der Waals surface area contributed by atoms with Crippen LogP contribution in [0.3, 0.4) is 0 Å². The van der Waals surface area contributed by atoms with Crippen molar-refractivity contribution in [3.63, 3.8) is 0 Å². The normalized spacial score (nSPS) is 11.5. The van der Waals surface area contributed by atoms with Crippen LogP contribution in [0.4, 0.5) is 13.2 Å². The number of halogens is 3. The van der Waals surface area contributed by atoms with Gasteiger partial charge >= 0.3 is 6.18 Å². The van der Waals surface area contributed by atoms with Gasteiger partial charge in [0.05, 0.1) is 13.7 Å². The fourth-order valence-electron chi connectivity index (χ4n) is 2.31. The highest BCUT2D eigenvalue weighted by atomic mass is 19.4. The first kappa shape index (κ1) is 16.0. The third kappa shape index (κ3) is 3.22. The fraction of sp³-hybridized carbons (Fsp3) is 0.188. The Morgan fingerprint density at radius 1 is 1.04 bits per heavy atom. The summed E-state index contributed by atoms with van der Waals surface area (Å²) in [4.78, 5) is 3.81. The van der Waals surface area contributed by atoms with Gasteiger partial charge in [-0.3, -0.25) is 4.98 Å². The number of benzene rings is 1. The minimum atomic E-state index is -4.57. The van der Waals surface area contributed by atoms with E-state index in [0.29, 0.717) is 16.9 Å². The highest BCUT2D eigenvalue weighted by Crippen LogP contribution is 2.35. The van der Waals surface area contributed by atoms with Crippen molar-refractivity contribution in [2.45, 2.75) is 12.7 Å². The van der Waals surface area contributed by atoms with Gasteiger partial charge in [0.1, 0.15) is 11.4 Å². The van der Waals surface area contributed by atoms with Crippen molar-refractivity contribution in [3.8, 4) is 17.0 Å². The molecule has 5 nitrogen and oxygen atoms in total. The summed E-state index contributed by atoms with van der Waals surface area (Å²) in [5.74, 6) is 0.630. The van der Waals surface area contributed by atoms with Crippen molar-refractivity contribution in [1.82, 2.24) is 20.0 Å². The summed E-state index contributed by atoms with van der Waals surface area (Å²) >= 11 is 0. The highest BCUT2D eigenvalue weighted by Gasteiger charge is 2.39. The molecule has 124 valence electrons. The van der Waals surface area contributed by atoms with Crippen LogP contribution in [0, 0.1) is 0 Å². The third-order valence-electron chi connectivity index (χ3n) is 3.45. The van der Waals surface area contributed by atoms with E-state index >= 15 is 0 Å². The van der Waals surface area contributed by atoms with E-state index in [2.05, 4.69) is 15.3 Å². The first-order chi connectivity index (χ1) is 11.5. The standard InChI is InChI=1S/C16H13F3N4O/c1-24-13-4-2-11(3-5-13)10-23-15(16(17,18)19)14(21-22-23)12-6-8-20-9-7-12/h2-9H,10H2,1H3. The van der Waals surface area contributed by atoms with Crippen LogP contribution in [-0.4, -0.2) is 27.1 Å². The van der Waals surface area contributed by atoms with E-state index in [0.717, 1.165) is 4.68 Å². The molecule has 8 heteroatoms. The van der Waals surface area contributed by atoms with Crippen LogP contribution >= 0.6 is 0 Å². The van der Waals surface area contributed by atoms with Crippen LogP contribution in [-0.2, 0) is 12.7 Å². The number of methoxy groups -OCH3 is 1. The minimum Gasteiger partial charge on any atom is -0.497 e. The zero-order valence-electron chi connectivity index (χ0n) is 12.7. The lowest BCUT2D eigenvalue weighted by molar-refractivity contribution is -0.143. The first-order valence-corrected chi connectivity index (χ1v) is 7.03. The second-order valence-electron chi connectivity index (χ2n) is 5.03. The SMILES string of the molecule is COc1ccc(Cn2nnc(-c3ccncc3)c2C(F)(F)F)cc1. The third-order valence-corrected chi connectivity index (χ3v) is 3.45. The van der Waals surface area contributed by atoms with E-state index in [9.17, 15) is 13.2 Å². The summed E-state index contributed by atoms with van der Waals surface area (Å²) in [5.41, 5.74) is -0.117. The minimum absolute atomic E-state index is 0.0447. The van der Waals surface area contributed by atoms with Crippen LogP contribution < -0.4 is 4.74 Å². The first-order valence-electron chi connectivity index (χ1n) is 7.03. The maximum atomic E-state index is 13.5. The average molecular weight is 334 g/mol. The number of aromatic nitrogens is 4. The molecule has 2 heterocycles. The average Bonchev–Trinajstić information content (AvgIpc) is 3.00. The van der Waals surface area contributed by atoms with Crippen LogP contribution in [0.15, 0.2) is 48.8 Å². The summed E-state index contributed by atoms with van der Waals surface area (Å²) in [7, 11) is 1.52. The highest BCUT2D eigenvalue weighted by molar-refractivity contribution is 5.61. The molecule has 0 N–H and O–H groups in total. The van der Waals surface area contributed by atoms with E-state index in [1.807, 2.05) is 0 Å². The van der Waals surface area contributed by atoms with Gasteiger partial charge in [0.25, 0.3) is 0 Å². The summed E-state index contributed by atoms with van der Waals surface area (Å²) in [6.45, 7) is -0.0447. The summed E-state index contributed by atoms with van der Waals surface area (Å²) < 4.78 is 46.4. The predicted octanol–water partition coefficient (Wildman–Crippen LogP) is 3.42. The van der Waals surface area contributed by atoms with Gasteiger partial charge in [-0.25, -0.2) is 4.68 Å². The van der Waals surface area contributed by atoms with Gasteiger partial charge in [-0.05, 0) is 29.8 Å². The molecule has 2 aromatic heterocycles. The fourth-order valence-corrected chi connectivity index (χ4v) is 2.31. The van der Waals surface area contributed by atoms with Crippen LogP contribution in [0.5, 0.6) is 5.75 Å². The summed E-state index contributed by atoms with van der Waals surface area (Å²) in [6.07, 6.45) is -1.75. The van der Waals surface area contributed by atoms with Crippen LogP contribution in [0.2, 0.25) is 0 Å². The molecule has 0 saturated heterocycles. The molecule has 0 bridgehead atoms. The molecule has 0 saturated carbocycles. The molecule has 1 aromatic carbocycles. The number of alkyl halides is 3. The molecule has 0 radical (unpaired) electrons. The number of rotatable bonds is 4. The lowest BCUT2D eigenvalue weighted by Crippen LogP contribution is -2.16. The molecule has 3 aromatic rings. The predicted molar refractivity (Wildman–Crippen MR) is 80.4 cm³/mol. The smallest absolute Gasteiger partial charge is 0.435 e. The van der Waals surface area contributed by atoms with E-state index in [1.165, 1.54) is 31.6 Å². The number of nitrogens with zero attached hydrogens (tertiary/aromatic N) is 4. The Kier molecular flexibility index (Phi) is 4.20. The molecule has 0 aliphatic rings. The van der Waals surface area contributed by atoms with Crippen molar-refractivity contribution in [2.24, 2.45) is 0 Å². The lowest BCUT2D eigenvalue weighted by atomic mass is 10.1. The van der Waals surface area contributed by atoms with E-state index in [1.54, 1.807) is 24.3 Å². The Hall–Kier alpha value is -2.90. The Bertz CT molecular complexity index is 814. The van der Waals surface area contributed by atoms with Gasteiger partial charge in [0.2, 0.25) is 0 Å². The van der Waals surface area contributed by atoms with Gasteiger partial charge in [0, 0.05) is 18.0 Å². The van der Waals surface area contributed by atoms with Crippen molar-refractivity contribution in [3.05, 3.63) is 60.0 Å². The molecule has 0 fully saturated rings. The molecule has 0 amide bonds. The molecule has 0 atom stereocenters. The molecular weight excluding hydrogens is 321 g/mol. The van der Waals surface area contributed by atoms with Gasteiger partial charge in [-0.1, -0.05) is 17.3 Å². The van der Waals surface area contributed by atoms with Gasteiger partial charge in [0.15, 0.2) is 5.69 Å². The molecule has 0 aliphatic heterocycles. The lowest BCUT2D eigenvalue weighted by Gasteiger charge is -2.11. The quantitative estimate of drug-likeness (QED) is 0.734. The Balaban J connectivity index is 2.00. The number of pyridine rings is 1. The largest absolute Gasteiger partial charge is 0.497 e. The second kappa shape index (κ2) is 6.31. The Morgan fingerprint density at radius 3 is 2.29 bits per heavy atom. The summed E-state index contributed by atoms with van der Waals surface area (Å²) in [6, 6.07) is 9.68. The molecule has 0 unspecified atom stereocenters. The second-order valence-corrected chi connectivity index (χ2v) is 5.03. The Labute approximate surface area is 135 Å². The van der Waals surface area contributed by atoms with Gasteiger partial charge in [-0.15, -0.1) is 5.10 Å². The van der Waals surface area contributed by atoms with Crippen LogP contribution in [0.25, 0.3) is 11.3 Å². The van der Waals surface area contributed by atoms with Gasteiger partial charge in [-0.2, -0.15) is 13.2 Å². The van der Waals surface area contributed by atoms with E-state index in [-0.39, 0.29) is 12.2 Å². The van der Waals surface area contributed by atoms with Crippen molar-refractivity contribution in [2.75, 3.05) is 7.11 Å². The van der Waals surface area contributed by atoms with Crippen molar-refractivity contribution < 1.29 is 17.9 Å². The van der Waals surface area contributed by atoms with Crippen molar-refractivity contribution >= 4 is 0 Å². The maximum Gasteiger partial charge on any atom is 0.435 e. The number of ether oxygens (including phenoxy) is 1. The number of hydrogen-bond acceptors (Lipinski definition) is 4. The zero-order chi connectivity index (χ0) is 17.2.